The maximum absolute atomic E-state index is 13.1. The van der Waals surface area contributed by atoms with Crippen LogP contribution in [0.15, 0.2) is 23.0 Å². The van der Waals surface area contributed by atoms with E-state index in [-0.39, 0.29) is 11.2 Å². The number of hydrogen-bond acceptors (Lipinski definition) is 3. The average Bonchev–Trinajstić information content (AvgIpc) is 2.38. The van der Waals surface area contributed by atoms with Gasteiger partial charge in [0.1, 0.15) is 0 Å². The second-order valence-corrected chi connectivity index (χ2v) is 4.67. The molecule has 0 aliphatic carbocycles. The Balaban J connectivity index is 2.59. The predicted molar refractivity (Wildman–Crippen MR) is 70.2 cm³/mol. The molecule has 3 N–H and O–H groups in total. The Kier molecular flexibility index (Phi) is 4.18. The summed E-state index contributed by atoms with van der Waals surface area (Å²) in [6, 6.07) is 2.57. The molecule has 0 radical (unpaired) electrons. The number of hydrogen-bond donors (Lipinski definition) is 2. The minimum absolute atomic E-state index is 0.235. The van der Waals surface area contributed by atoms with E-state index < -0.39 is 47.6 Å². The zero-order valence-electron chi connectivity index (χ0n) is 11.3. The summed E-state index contributed by atoms with van der Waals surface area (Å²) in [6.07, 6.45) is -10.8. The van der Waals surface area contributed by atoms with Crippen LogP contribution in [-0.4, -0.2) is 17.8 Å². The van der Waals surface area contributed by atoms with Crippen molar-refractivity contribution in [2.75, 3.05) is 12.3 Å². The Hall–Kier alpha value is -2.39. The van der Waals surface area contributed by atoms with E-state index in [1.165, 1.54) is 0 Å². The molecule has 4 nitrogen and oxygen atoms in total. The molecular formula is C13H10F6N2O2. The summed E-state index contributed by atoms with van der Waals surface area (Å²) in [4.78, 5) is 13.5. The van der Waals surface area contributed by atoms with Crippen LogP contribution in [0.3, 0.4) is 0 Å². The van der Waals surface area contributed by atoms with Crippen molar-refractivity contribution in [1.29, 1.82) is 0 Å². The number of nitrogens with two attached hydrogens (primary N) is 1. The lowest BCUT2D eigenvalue weighted by Crippen LogP contribution is -2.16. The zero-order valence-corrected chi connectivity index (χ0v) is 11.3. The van der Waals surface area contributed by atoms with E-state index in [9.17, 15) is 31.1 Å². The minimum Gasteiger partial charge on any atom is -0.490 e. The molecule has 0 unspecified atom stereocenters. The normalized spacial score (nSPS) is 12.6. The molecule has 23 heavy (non-hydrogen) atoms. The Labute approximate surface area is 124 Å². The van der Waals surface area contributed by atoms with Crippen molar-refractivity contribution in [1.82, 2.24) is 4.98 Å². The first-order valence-corrected chi connectivity index (χ1v) is 6.21. The van der Waals surface area contributed by atoms with Gasteiger partial charge in [-0.3, -0.25) is 4.79 Å². The number of ether oxygens (including phenoxy) is 1. The number of anilines is 1. The van der Waals surface area contributed by atoms with Crippen molar-refractivity contribution in [2.45, 2.75) is 18.8 Å². The maximum Gasteiger partial charge on any atom is 0.417 e. The molecule has 0 aliphatic rings. The van der Waals surface area contributed by atoms with Gasteiger partial charge in [-0.05, 0) is 12.1 Å². The fourth-order valence-electron chi connectivity index (χ4n) is 1.99. The Morgan fingerprint density at radius 2 is 1.78 bits per heavy atom. The molecule has 126 valence electrons. The van der Waals surface area contributed by atoms with Gasteiger partial charge in [0.25, 0.3) is 0 Å². The number of halogens is 6. The van der Waals surface area contributed by atoms with E-state index in [0.29, 0.717) is 6.07 Å². The van der Waals surface area contributed by atoms with Gasteiger partial charge in [0.15, 0.2) is 5.75 Å². The topological polar surface area (TPSA) is 68.1 Å². The van der Waals surface area contributed by atoms with E-state index in [2.05, 4.69) is 4.98 Å². The van der Waals surface area contributed by atoms with Gasteiger partial charge in [-0.15, -0.1) is 0 Å². The van der Waals surface area contributed by atoms with Gasteiger partial charge in [0, 0.05) is 6.07 Å². The van der Waals surface area contributed by atoms with Crippen LogP contribution in [0.25, 0.3) is 10.9 Å². The average molecular weight is 340 g/mol. The first-order chi connectivity index (χ1) is 10.5. The lowest BCUT2D eigenvalue weighted by molar-refractivity contribution is -0.140. The van der Waals surface area contributed by atoms with Crippen molar-refractivity contribution in [3.8, 4) is 5.75 Å². The van der Waals surface area contributed by atoms with Gasteiger partial charge < -0.3 is 15.5 Å². The van der Waals surface area contributed by atoms with E-state index in [4.69, 9.17) is 10.5 Å². The van der Waals surface area contributed by atoms with E-state index in [0.717, 1.165) is 12.1 Å². The van der Waals surface area contributed by atoms with Gasteiger partial charge >= 0.3 is 12.4 Å². The third-order valence-electron chi connectivity index (χ3n) is 2.93. The zero-order chi connectivity index (χ0) is 17.4. The van der Waals surface area contributed by atoms with Crippen molar-refractivity contribution in [3.05, 3.63) is 34.1 Å². The molecule has 0 fully saturated rings. The number of alkyl halides is 6. The van der Waals surface area contributed by atoms with E-state index >= 15 is 0 Å². The molecule has 0 aliphatic heterocycles. The Bertz CT molecular complexity index is 779. The Morgan fingerprint density at radius 3 is 2.35 bits per heavy atom. The lowest BCUT2D eigenvalue weighted by atomic mass is 10.1. The quantitative estimate of drug-likeness (QED) is 0.664. The molecule has 0 spiro atoms. The first-order valence-electron chi connectivity index (χ1n) is 6.21. The fraction of sp³-hybridized carbons (Fsp3) is 0.308. The minimum atomic E-state index is -4.90. The summed E-state index contributed by atoms with van der Waals surface area (Å²) in [6.45, 7) is -0.900. The lowest BCUT2D eigenvalue weighted by Gasteiger charge is -2.16. The van der Waals surface area contributed by atoms with Crippen LogP contribution in [0.1, 0.15) is 12.0 Å². The van der Waals surface area contributed by atoms with Gasteiger partial charge in [-0.25, -0.2) is 0 Å². The fourth-order valence-corrected chi connectivity index (χ4v) is 1.99. The number of H-pyrrole nitrogens is 1. The number of nitrogen functional groups attached to an aromatic ring is 1. The molecule has 1 aromatic carbocycles. The van der Waals surface area contributed by atoms with Crippen LogP contribution >= 0.6 is 0 Å². The summed E-state index contributed by atoms with van der Waals surface area (Å²) in [7, 11) is 0. The molecule has 0 saturated carbocycles. The predicted octanol–water partition coefficient (Wildman–Crippen LogP) is 3.46. The van der Waals surface area contributed by atoms with Crippen LogP contribution in [0, 0.1) is 0 Å². The van der Waals surface area contributed by atoms with Crippen LogP contribution < -0.4 is 16.0 Å². The van der Waals surface area contributed by atoms with Crippen LogP contribution in [0.5, 0.6) is 5.75 Å². The summed E-state index contributed by atoms with van der Waals surface area (Å²) in [5.41, 5.74) is 2.69. The van der Waals surface area contributed by atoms with Crippen LogP contribution in [0.2, 0.25) is 0 Å². The molecule has 0 amide bonds. The number of aromatic amines is 1. The summed E-state index contributed by atoms with van der Waals surface area (Å²) < 4.78 is 80.6. The molecule has 0 atom stereocenters. The van der Waals surface area contributed by atoms with Gasteiger partial charge in [0.2, 0.25) is 5.56 Å². The SMILES string of the molecule is Nc1ccc2[nH]c(=O)cc(C(F)(F)F)c2c1OCCC(F)(F)F. The van der Waals surface area contributed by atoms with Crippen molar-refractivity contribution < 1.29 is 31.1 Å². The second kappa shape index (κ2) is 5.67. The van der Waals surface area contributed by atoms with Crippen molar-refractivity contribution in [2.24, 2.45) is 0 Å². The highest BCUT2D eigenvalue weighted by molar-refractivity contribution is 5.93. The number of aromatic nitrogens is 1. The molecule has 1 aromatic heterocycles. The van der Waals surface area contributed by atoms with Gasteiger partial charge in [-0.2, -0.15) is 26.3 Å². The molecular weight excluding hydrogens is 330 g/mol. The number of pyridine rings is 1. The Morgan fingerprint density at radius 1 is 1.13 bits per heavy atom. The highest BCUT2D eigenvalue weighted by Gasteiger charge is 2.35. The third kappa shape index (κ3) is 3.88. The summed E-state index contributed by atoms with van der Waals surface area (Å²) in [5, 5.41) is -0.584. The number of rotatable bonds is 3. The number of fused-ring (bicyclic) bond motifs is 1. The smallest absolute Gasteiger partial charge is 0.417 e. The monoisotopic (exact) mass is 340 g/mol. The molecule has 0 bridgehead atoms. The van der Waals surface area contributed by atoms with E-state index in [1.807, 2.05) is 0 Å². The standard InChI is InChI=1S/C13H10F6N2O2/c14-12(15,16)3-4-23-11-7(20)1-2-8-10(11)6(13(17,18)19)5-9(22)21-8/h1-2,5H,3-4,20H2,(H,21,22). The molecule has 10 heteroatoms. The van der Waals surface area contributed by atoms with E-state index in [1.54, 1.807) is 0 Å². The second-order valence-electron chi connectivity index (χ2n) is 4.67. The van der Waals surface area contributed by atoms with Crippen LogP contribution in [-0.2, 0) is 6.18 Å². The summed E-state index contributed by atoms with van der Waals surface area (Å²) >= 11 is 0. The number of nitrogens with one attached hydrogen (secondary N) is 1. The highest BCUT2D eigenvalue weighted by atomic mass is 19.4. The molecule has 2 aromatic rings. The third-order valence-corrected chi connectivity index (χ3v) is 2.93. The molecule has 2 rings (SSSR count). The largest absolute Gasteiger partial charge is 0.490 e. The first kappa shape index (κ1) is 17.0. The molecule has 0 saturated heterocycles. The van der Waals surface area contributed by atoms with Crippen molar-refractivity contribution >= 4 is 16.6 Å². The molecule has 1 heterocycles. The van der Waals surface area contributed by atoms with Gasteiger partial charge in [-0.1, -0.05) is 0 Å². The van der Waals surface area contributed by atoms with Gasteiger partial charge in [0.05, 0.1) is 35.2 Å². The maximum atomic E-state index is 13.1. The van der Waals surface area contributed by atoms with Crippen molar-refractivity contribution in [3.63, 3.8) is 0 Å². The number of benzene rings is 1. The van der Waals surface area contributed by atoms with Crippen LogP contribution in [0.4, 0.5) is 32.0 Å². The highest BCUT2D eigenvalue weighted by Crippen LogP contribution is 2.40. The summed E-state index contributed by atoms with van der Waals surface area (Å²) in [5.74, 6) is -0.546.